The van der Waals surface area contributed by atoms with Gasteiger partial charge in [0.1, 0.15) is 4.32 Å². The van der Waals surface area contributed by atoms with Crippen molar-refractivity contribution in [3.63, 3.8) is 0 Å². The molecule has 0 aromatic heterocycles. The molecule has 0 radical (unpaired) electrons. The van der Waals surface area contributed by atoms with Crippen LogP contribution in [0.15, 0.2) is 17.0 Å². The summed E-state index contributed by atoms with van der Waals surface area (Å²) in [5.41, 5.74) is 0.768. The van der Waals surface area contributed by atoms with E-state index in [0.29, 0.717) is 32.3 Å². The van der Waals surface area contributed by atoms with Gasteiger partial charge in [0.25, 0.3) is 5.91 Å². The number of methoxy groups -OCH3 is 1. The third-order valence-corrected chi connectivity index (χ3v) is 5.29. The third kappa shape index (κ3) is 4.05. The maximum atomic E-state index is 12.3. The highest BCUT2D eigenvalue weighted by atomic mass is 35.5. The van der Waals surface area contributed by atoms with Crippen molar-refractivity contribution in [3.8, 4) is 11.5 Å². The molecule has 4 nitrogen and oxygen atoms in total. The van der Waals surface area contributed by atoms with Crippen LogP contribution in [-0.2, 0) is 4.79 Å². The Kier molecular flexibility index (Phi) is 6.54. The average Bonchev–Trinajstić information content (AvgIpc) is 2.82. The molecule has 0 N–H and O–H groups in total. The quantitative estimate of drug-likeness (QED) is 0.522. The van der Waals surface area contributed by atoms with Gasteiger partial charge in [-0.05, 0) is 44.0 Å². The summed E-state index contributed by atoms with van der Waals surface area (Å²) in [7, 11) is 1.56. The largest absolute Gasteiger partial charge is 0.493 e. The minimum absolute atomic E-state index is 0.0306. The average molecular weight is 386 g/mol. The van der Waals surface area contributed by atoms with Crippen molar-refractivity contribution < 1.29 is 14.3 Å². The Morgan fingerprint density at radius 3 is 2.67 bits per heavy atom. The number of likely N-dealkylation sites (N-methyl/N-ethyl adjacent to an activating group) is 1. The molecule has 1 amide bonds. The molecular formula is C17H20ClNO3S2. The van der Waals surface area contributed by atoms with Gasteiger partial charge in [0, 0.05) is 6.54 Å². The van der Waals surface area contributed by atoms with Crippen LogP contribution >= 0.6 is 35.6 Å². The Morgan fingerprint density at radius 2 is 2.12 bits per heavy atom. The minimum atomic E-state index is -0.0810. The van der Waals surface area contributed by atoms with E-state index in [1.807, 2.05) is 26.8 Å². The molecule has 0 aliphatic carbocycles. The van der Waals surface area contributed by atoms with E-state index in [1.165, 1.54) is 11.8 Å². The van der Waals surface area contributed by atoms with Crippen LogP contribution in [0, 0.1) is 0 Å². The molecule has 1 heterocycles. The van der Waals surface area contributed by atoms with Crippen LogP contribution in [0.4, 0.5) is 0 Å². The summed E-state index contributed by atoms with van der Waals surface area (Å²) in [5.74, 6) is 0.981. The van der Waals surface area contributed by atoms with E-state index in [2.05, 4.69) is 0 Å². The highest BCUT2D eigenvalue weighted by molar-refractivity contribution is 8.26. The van der Waals surface area contributed by atoms with Crippen molar-refractivity contribution in [1.82, 2.24) is 4.90 Å². The Morgan fingerprint density at radius 1 is 1.42 bits per heavy atom. The van der Waals surface area contributed by atoms with Crippen LogP contribution in [0.5, 0.6) is 11.5 Å². The maximum absolute atomic E-state index is 12.3. The highest BCUT2D eigenvalue weighted by Crippen LogP contribution is 2.39. The Bertz CT molecular complexity index is 691. The van der Waals surface area contributed by atoms with Gasteiger partial charge in [-0.2, -0.15) is 0 Å². The zero-order valence-corrected chi connectivity index (χ0v) is 16.5. The van der Waals surface area contributed by atoms with Crippen molar-refractivity contribution >= 4 is 51.9 Å². The molecule has 7 heteroatoms. The minimum Gasteiger partial charge on any atom is -0.493 e. The number of carbonyl (C=O) groups excluding carboxylic acids is 1. The number of rotatable bonds is 6. The standard InChI is InChI=1S/C17H20ClNO3S2/c1-5-10(3)22-15-12(18)7-11(8-13(15)21-4)9-14-16(20)19(6-2)17(23)24-14/h7-10H,5-6H2,1-4H3. The first-order valence-corrected chi connectivity index (χ1v) is 9.31. The van der Waals surface area contributed by atoms with Gasteiger partial charge in [-0.1, -0.05) is 42.5 Å². The Labute approximate surface area is 157 Å². The number of halogens is 1. The molecule has 1 aromatic carbocycles. The lowest BCUT2D eigenvalue weighted by atomic mass is 10.1. The molecule has 1 aliphatic rings. The fourth-order valence-corrected chi connectivity index (χ4v) is 3.79. The number of amides is 1. The Balaban J connectivity index is 2.36. The van der Waals surface area contributed by atoms with Crippen molar-refractivity contribution in [2.24, 2.45) is 0 Å². The summed E-state index contributed by atoms with van der Waals surface area (Å²) < 4.78 is 11.8. The molecule has 130 valence electrons. The van der Waals surface area contributed by atoms with E-state index in [-0.39, 0.29) is 12.0 Å². The molecule has 0 saturated carbocycles. The molecular weight excluding hydrogens is 366 g/mol. The Hall–Kier alpha value is -1.24. The summed E-state index contributed by atoms with van der Waals surface area (Å²) >= 11 is 12.9. The summed E-state index contributed by atoms with van der Waals surface area (Å²) in [6.45, 7) is 6.47. The molecule has 1 unspecified atom stereocenters. The van der Waals surface area contributed by atoms with Gasteiger partial charge < -0.3 is 9.47 Å². The second-order valence-electron chi connectivity index (χ2n) is 5.30. The number of ether oxygens (including phenoxy) is 2. The monoisotopic (exact) mass is 385 g/mol. The lowest BCUT2D eigenvalue weighted by Crippen LogP contribution is -2.27. The van der Waals surface area contributed by atoms with E-state index in [9.17, 15) is 4.79 Å². The lowest BCUT2D eigenvalue weighted by molar-refractivity contribution is -0.121. The number of carbonyl (C=O) groups is 1. The predicted octanol–water partition coefficient (Wildman–Crippen LogP) is 4.75. The zero-order chi connectivity index (χ0) is 17.9. The van der Waals surface area contributed by atoms with Crippen LogP contribution < -0.4 is 9.47 Å². The molecule has 24 heavy (non-hydrogen) atoms. The number of benzene rings is 1. The molecule has 1 fully saturated rings. The fourth-order valence-electron chi connectivity index (χ4n) is 2.15. The highest BCUT2D eigenvalue weighted by Gasteiger charge is 2.30. The molecule has 1 saturated heterocycles. The summed E-state index contributed by atoms with van der Waals surface area (Å²) in [6.07, 6.45) is 2.67. The van der Waals surface area contributed by atoms with Gasteiger partial charge in [-0.25, -0.2) is 0 Å². The second-order valence-corrected chi connectivity index (χ2v) is 7.38. The molecule has 0 bridgehead atoms. The van der Waals surface area contributed by atoms with Crippen LogP contribution in [0.1, 0.15) is 32.8 Å². The van der Waals surface area contributed by atoms with Crippen molar-refractivity contribution in [2.75, 3.05) is 13.7 Å². The van der Waals surface area contributed by atoms with Gasteiger partial charge >= 0.3 is 0 Å². The number of thioether (sulfide) groups is 1. The molecule has 1 aliphatic heterocycles. The molecule has 1 aromatic rings. The van der Waals surface area contributed by atoms with Gasteiger partial charge in [0.15, 0.2) is 11.5 Å². The number of hydrogen-bond acceptors (Lipinski definition) is 5. The molecule has 1 atom stereocenters. The van der Waals surface area contributed by atoms with E-state index < -0.39 is 0 Å². The number of hydrogen-bond donors (Lipinski definition) is 0. The van der Waals surface area contributed by atoms with E-state index in [4.69, 9.17) is 33.3 Å². The smallest absolute Gasteiger partial charge is 0.266 e. The third-order valence-electron chi connectivity index (χ3n) is 3.63. The van der Waals surface area contributed by atoms with Crippen LogP contribution in [-0.4, -0.2) is 34.9 Å². The van der Waals surface area contributed by atoms with Crippen molar-refractivity contribution in [1.29, 1.82) is 0 Å². The fraction of sp³-hybridized carbons (Fsp3) is 0.412. The van der Waals surface area contributed by atoms with E-state index >= 15 is 0 Å². The van der Waals surface area contributed by atoms with Crippen LogP contribution in [0.25, 0.3) is 6.08 Å². The van der Waals surface area contributed by atoms with Crippen molar-refractivity contribution in [2.45, 2.75) is 33.3 Å². The first-order chi connectivity index (χ1) is 11.4. The van der Waals surface area contributed by atoms with Crippen LogP contribution in [0.3, 0.4) is 0 Å². The summed E-state index contributed by atoms with van der Waals surface area (Å²) in [6, 6.07) is 3.57. The summed E-state index contributed by atoms with van der Waals surface area (Å²) in [4.78, 5) is 14.5. The van der Waals surface area contributed by atoms with Gasteiger partial charge in [0.05, 0.1) is 23.1 Å². The van der Waals surface area contributed by atoms with Gasteiger partial charge in [-0.15, -0.1) is 0 Å². The topological polar surface area (TPSA) is 38.8 Å². The normalized spacial score (nSPS) is 17.5. The molecule has 0 spiro atoms. The number of nitrogens with zero attached hydrogens (tertiary/aromatic N) is 1. The van der Waals surface area contributed by atoms with Crippen molar-refractivity contribution in [3.05, 3.63) is 27.6 Å². The molecule has 2 rings (SSSR count). The first-order valence-electron chi connectivity index (χ1n) is 7.70. The predicted molar refractivity (Wildman–Crippen MR) is 104 cm³/mol. The van der Waals surface area contributed by atoms with Crippen LogP contribution in [0.2, 0.25) is 5.02 Å². The maximum Gasteiger partial charge on any atom is 0.266 e. The number of thiocarbonyl (C=S) groups is 1. The zero-order valence-electron chi connectivity index (χ0n) is 14.1. The van der Waals surface area contributed by atoms with E-state index in [1.54, 1.807) is 24.2 Å². The van der Waals surface area contributed by atoms with Gasteiger partial charge in [-0.3, -0.25) is 9.69 Å². The lowest BCUT2D eigenvalue weighted by Gasteiger charge is -2.17. The SMILES string of the molecule is CCC(C)Oc1c(Cl)cc(C=C2SC(=S)N(CC)C2=O)cc1OC. The summed E-state index contributed by atoms with van der Waals surface area (Å²) in [5, 5.41) is 0.451. The van der Waals surface area contributed by atoms with Gasteiger partial charge in [0.2, 0.25) is 0 Å². The van der Waals surface area contributed by atoms with E-state index in [0.717, 1.165) is 12.0 Å². The first kappa shape index (κ1) is 19.1. The second kappa shape index (κ2) is 8.23.